The van der Waals surface area contributed by atoms with E-state index < -0.39 is 0 Å². The maximum absolute atomic E-state index is 11.9. The second kappa shape index (κ2) is 4.07. The van der Waals surface area contributed by atoms with Crippen LogP contribution in [0.5, 0.6) is 0 Å². The zero-order chi connectivity index (χ0) is 9.47. The second-order valence-corrected chi connectivity index (χ2v) is 4.70. The van der Waals surface area contributed by atoms with Crippen LogP contribution in [0, 0.1) is 0 Å². The molecular formula is C10H19ClN2O. The lowest BCUT2D eigenvalue weighted by atomic mass is 9.88. The Morgan fingerprint density at radius 1 is 1.50 bits per heavy atom. The smallest absolute Gasteiger partial charge is 0.240 e. The van der Waals surface area contributed by atoms with Crippen LogP contribution in [-0.2, 0) is 4.79 Å². The van der Waals surface area contributed by atoms with Crippen molar-refractivity contribution in [3.8, 4) is 0 Å². The van der Waals surface area contributed by atoms with Gasteiger partial charge >= 0.3 is 0 Å². The van der Waals surface area contributed by atoms with Gasteiger partial charge in [0.25, 0.3) is 0 Å². The number of hydrogen-bond donors (Lipinski definition) is 1. The standard InChI is InChI=1S/C10H18N2O.ClH/c1-10(2)5-7-12(10)9(13)8-4-3-6-11-8;/h8,11H,3-7H2,1-2H3;1H/t8-;/m0./s1. The van der Waals surface area contributed by atoms with E-state index in [9.17, 15) is 4.79 Å². The Balaban J connectivity index is 0.000000980. The third-order valence-corrected chi connectivity index (χ3v) is 3.30. The SMILES string of the molecule is CC1(C)CCN1C(=O)[C@@H]1CCCN1.Cl. The lowest BCUT2D eigenvalue weighted by Crippen LogP contribution is -2.61. The highest BCUT2D eigenvalue weighted by Crippen LogP contribution is 2.30. The van der Waals surface area contributed by atoms with Gasteiger partial charge in [-0.15, -0.1) is 12.4 Å². The first-order valence-electron chi connectivity index (χ1n) is 5.16. The zero-order valence-corrected chi connectivity index (χ0v) is 9.69. The van der Waals surface area contributed by atoms with Crippen molar-refractivity contribution >= 4 is 18.3 Å². The predicted molar refractivity (Wildman–Crippen MR) is 58.7 cm³/mol. The van der Waals surface area contributed by atoms with Crippen LogP contribution in [0.3, 0.4) is 0 Å². The van der Waals surface area contributed by atoms with E-state index in [0.717, 1.165) is 32.4 Å². The molecule has 82 valence electrons. The van der Waals surface area contributed by atoms with E-state index in [-0.39, 0.29) is 24.0 Å². The van der Waals surface area contributed by atoms with Gasteiger partial charge in [0.15, 0.2) is 0 Å². The monoisotopic (exact) mass is 218 g/mol. The van der Waals surface area contributed by atoms with E-state index in [1.807, 2.05) is 4.90 Å². The summed E-state index contributed by atoms with van der Waals surface area (Å²) < 4.78 is 0. The van der Waals surface area contributed by atoms with E-state index in [4.69, 9.17) is 0 Å². The minimum absolute atomic E-state index is 0. The molecule has 0 bridgehead atoms. The summed E-state index contributed by atoms with van der Waals surface area (Å²) in [6, 6.07) is 0.111. The van der Waals surface area contributed by atoms with Crippen LogP contribution in [0.1, 0.15) is 33.1 Å². The summed E-state index contributed by atoms with van der Waals surface area (Å²) in [5, 5.41) is 3.25. The third kappa shape index (κ3) is 1.89. The molecule has 1 atom stereocenters. The highest BCUT2D eigenvalue weighted by atomic mass is 35.5. The molecule has 2 rings (SSSR count). The number of halogens is 1. The van der Waals surface area contributed by atoms with E-state index in [0.29, 0.717) is 5.91 Å². The Kier molecular flexibility index (Phi) is 3.43. The number of nitrogens with zero attached hydrogens (tertiary/aromatic N) is 1. The largest absolute Gasteiger partial charge is 0.336 e. The summed E-state index contributed by atoms with van der Waals surface area (Å²) in [4.78, 5) is 13.9. The molecule has 1 amide bonds. The lowest BCUT2D eigenvalue weighted by Gasteiger charge is -2.49. The van der Waals surface area contributed by atoms with Gasteiger partial charge in [-0.2, -0.15) is 0 Å². The third-order valence-electron chi connectivity index (χ3n) is 3.30. The number of amides is 1. The molecule has 4 heteroatoms. The Bertz CT molecular complexity index is 224. The van der Waals surface area contributed by atoms with E-state index in [2.05, 4.69) is 19.2 Å². The molecule has 0 aliphatic carbocycles. The molecule has 0 spiro atoms. The number of nitrogens with one attached hydrogen (secondary N) is 1. The maximum atomic E-state index is 11.9. The van der Waals surface area contributed by atoms with E-state index >= 15 is 0 Å². The first-order chi connectivity index (χ1) is 6.11. The van der Waals surface area contributed by atoms with Gasteiger partial charge in [-0.1, -0.05) is 0 Å². The second-order valence-electron chi connectivity index (χ2n) is 4.70. The molecule has 14 heavy (non-hydrogen) atoms. The van der Waals surface area contributed by atoms with Crippen molar-refractivity contribution in [3.63, 3.8) is 0 Å². The molecule has 2 saturated heterocycles. The predicted octanol–water partition coefficient (Wildman–Crippen LogP) is 1.17. The van der Waals surface area contributed by atoms with Gasteiger partial charge in [-0.3, -0.25) is 4.79 Å². The van der Waals surface area contributed by atoms with Gasteiger partial charge in [-0.25, -0.2) is 0 Å². The molecule has 0 saturated carbocycles. The molecule has 0 aromatic carbocycles. The maximum Gasteiger partial charge on any atom is 0.240 e. The van der Waals surface area contributed by atoms with Crippen molar-refractivity contribution in [2.45, 2.75) is 44.7 Å². The number of likely N-dealkylation sites (tertiary alicyclic amines) is 1. The van der Waals surface area contributed by atoms with Crippen molar-refractivity contribution in [3.05, 3.63) is 0 Å². The highest BCUT2D eigenvalue weighted by Gasteiger charge is 2.41. The van der Waals surface area contributed by atoms with Crippen LogP contribution in [-0.4, -0.2) is 35.5 Å². The van der Waals surface area contributed by atoms with Crippen molar-refractivity contribution in [1.82, 2.24) is 10.2 Å². The lowest BCUT2D eigenvalue weighted by molar-refractivity contribution is -0.146. The van der Waals surface area contributed by atoms with Crippen LogP contribution in [0.2, 0.25) is 0 Å². The minimum atomic E-state index is 0. The topological polar surface area (TPSA) is 32.3 Å². The summed E-state index contributed by atoms with van der Waals surface area (Å²) >= 11 is 0. The summed E-state index contributed by atoms with van der Waals surface area (Å²) in [5.74, 6) is 0.314. The van der Waals surface area contributed by atoms with Gasteiger partial charge < -0.3 is 10.2 Å². The number of carbonyl (C=O) groups is 1. The van der Waals surface area contributed by atoms with Crippen LogP contribution in [0.4, 0.5) is 0 Å². The van der Waals surface area contributed by atoms with Crippen molar-refractivity contribution in [2.75, 3.05) is 13.1 Å². The number of hydrogen-bond acceptors (Lipinski definition) is 2. The molecule has 1 N–H and O–H groups in total. The average molecular weight is 219 g/mol. The molecule has 2 heterocycles. The molecule has 3 nitrogen and oxygen atoms in total. The Morgan fingerprint density at radius 3 is 2.57 bits per heavy atom. The van der Waals surface area contributed by atoms with Gasteiger partial charge in [0.1, 0.15) is 0 Å². The van der Waals surface area contributed by atoms with Crippen molar-refractivity contribution in [1.29, 1.82) is 0 Å². The molecule has 0 aromatic rings. The van der Waals surface area contributed by atoms with E-state index in [1.165, 1.54) is 0 Å². The number of rotatable bonds is 1. The molecule has 2 aliphatic heterocycles. The fourth-order valence-electron chi connectivity index (χ4n) is 2.16. The minimum Gasteiger partial charge on any atom is -0.336 e. The first kappa shape index (κ1) is 11.8. The Labute approximate surface area is 91.6 Å². The van der Waals surface area contributed by atoms with Crippen LogP contribution in [0.25, 0.3) is 0 Å². The molecule has 0 unspecified atom stereocenters. The summed E-state index contributed by atoms with van der Waals surface area (Å²) in [6.07, 6.45) is 3.31. The first-order valence-corrected chi connectivity index (χ1v) is 5.16. The fourth-order valence-corrected chi connectivity index (χ4v) is 2.16. The highest BCUT2D eigenvalue weighted by molar-refractivity contribution is 5.85. The summed E-state index contributed by atoms with van der Waals surface area (Å²) in [7, 11) is 0. The summed E-state index contributed by atoms with van der Waals surface area (Å²) in [5.41, 5.74) is 0.112. The van der Waals surface area contributed by atoms with Crippen LogP contribution in [0.15, 0.2) is 0 Å². The van der Waals surface area contributed by atoms with Gasteiger partial charge in [0.2, 0.25) is 5.91 Å². The quantitative estimate of drug-likeness (QED) is 0.717. The van der Waals surface area contributed by atoms with Gasteiger partial charge in [0.05, 0.1) is 6.04 Å². The molecular weight excluding hydrogens is 200 g/mol. The normalized spacial score (nSPS) is 29.3. The average Bonchev–Trinajstić information content (AvgIpc) is 2.54. The van der Waals surface area contributed by atoms with E-state index in [1.54, 1.807) is 0 Å². The Hall–Kier alpha value is -0.280. The van der Waals surface area contributed by atoms with Gasteiger partial charge in [0, 0.05) is 12.1 Å². The van der Waals surface area contributed by atoms with Crippen LogP contribution < -0.4 is 5.32 Å². The van der Waals surface area contributed by atoms with Crippen LogP contribution >= 0.6 is 12.4 Å². The molecule has 2 fully saturated rings. The Morgan fingerprint density at radius 2 is 2.21 bits per heavy atom. The fraction of sp³-hybridized carbons (Fsp3) is 0.900. The molecule has 2 aliphatic rings. The molecule has 0 radical (unpaired) electrons. The zero-order valence-electron chi connectivity index (χ0n) is 8.88. The summed E-state index contributed by atoms with van der Waals surface area (Å²) in [6.45, 7) is 6.24. The molecule has 0 aromatic heterocycles. The van der Waals surface area contributed by atoms with Gasteiger partial charge in [-0.05, 0) is 39.7 Å². The van der Waals surface area contributed by atoms with Crippen molar-refractivity contribution < 1.29 is 4.79 Å². The number of carbonyl (C=O) groups excluding carboxylic acids is 1. The van der Waals surface area contributed by atoms with Crippen molar-refractivity contribution in [2.24, 2.45) is 0 Å².